The minimum absolute atomic E-state index is 0.000000000000000222. The van der Waals surface area contributed by atoms with Gasteiger partial charge in [0.05, 0.1) is 0 Å². The predicted octanol–water partition coefficient (Wildman–Crippen LogP) is 0.351. The lowest BCUT2D eigenvalue weighted by Gasteiger charge is -1.88. The van der Waals surface area contributed by atoms with Gasteiger partial charge in [-0.05, 0) is 24.4 Å². The van der Waals surface area contributed by atoms with Gasteiger partial charge in [0.1, 0.15) is 0 Å². The highest BCUT2D eigenvalue weighted by Gasteiger charge is 1.99. The number of hydrogen-bond donors (Lipinski definition) is 2. The Kier molecular flexibility index (Phi) is 6.37. The van der Waals surface area contributed by atoms with Crippen LogP contribution < -0.4 is 11.5 Å². The van der Waals surface area contributed by atoms with Crippen LogP contribution in [-0.4, -0.2) is 17.1 Å². The summed E-state index contributed by atoms with van der Waals surface area (Å²) in [7, 11) is 0. The predicted molar refractivity (Wildman–Crippen MR) is 59.9 cm³/mol. The van der Waals surface area contributed by atoms with E-state index in [9.17, 15) is 9.59 Å². The van der Waals surface area contributed by atoms with Crippen molar-refractivity contribution in [1.29, 1.82) is 0 Å². The molecule has 0 saturated carbocycles. The van der Waals surface area contributed by atoms with Crippen LogP contribution in [0.15, 0.2) is 35.3 Å². The number of amides is 1. The second-order valence-electron chi connectivity index (χ2n) is 2.28. The molecule has 0 aromatic heterocycles. The number of hydrogen-bond acceptors (Lipinski definition) is 3. The van der Waals surface area contributed by atoms with E-state index in [-0.39, 0.29) is 5.11 Å². The minimum Gasteiger partial charge on any atom is -0.377 e. The quantitative estimate of drug-likeness (QED) is 0.406. The second kappa shape index (κ2) is 7.37. The van der Waals surface area contributed by atoms with Crippen LogP contribution in [0.3, 0.4) is 0 Å². The molecule has 1 rings (SSSR count). The van der Waals surface area contributed by atoms with Gasteiger partial charge in [-0.25, -0.2) is 4.79 Å². The summed E-state index contributed by atoms with van der Waals surface area (Å²) in [5.41, 5.74) is 9.64. The zero-order valence-corrected chi connectivity index (χ0v) is 8.53. The molecule has 6 heteroatoms. The van der Waals surface area contributed by atoms with Crippen LogP contribution in [0, 0.1) is 0 Å². The lowest BCUT2D eigenvalue weighted by atomic mass is 10.2. The van der Waals surface area contributed by atoms with Gasteiger partial charge < -0.3 is 11.5 Å². The fourth-order valence-electron chi connectivity index (χ4n) is 0.687. The Morgan fingerprint density at radius 1 is 1.27 bits per heavy atom. The van der Waals surface area contributed by atoms with E-state index in [1.54, 1.807) is 30.3 Å². The Morgan fingerprint density at radius 3 is 2.13 bits per heavy atom. The summed E-state index contributed by atoms with van der Waals surface area (Å²) < 4.78 is 0. The molecule has 0 radical (unpaired) electrons. The zero-order chi connectivity index (χ0) is 11.7. The molecule has 0 heterocycles. The van der Waals surface area contributed by atoms with E-state index >= 15 is 0 Å². The number of nitrogens with zero attached hydrogens (tertiary/aromatic N) is 1. The summed E-state index contributed by atoms with van der Waals surface area (Å²) in [5.74, 6) is -0.555. The fraction of sp³-hybridized carbons (Fsp3) is 0. The fourth-order valence-corrected chi connectivity index (χ4v) is 0.687. The van der Waals surface area contributed by atoms with E-state index in [2.05, 4.69) is 28.7 Å². The van der Waals surface area contributed by atoms with Crippen LogP contribution in [0.2, 0.25) is 0 Å². The summed E-state index contributed by atoms with van der Waals surface area (Å²) in [5, 5.41) is 0.000000000000000222. The average Bonchev–Trinajstić information content (AvgIpc) is 2.19. The molecule has 1 aromatic rings. The van der Waals surface area contributed by atoms with Crippen LogP contribution in [-0.2, 0) is 4.79 Å². The van der Waals surface area contributed by atoms with Crippen molar-refractivity contribution in [2.75, 3.05) is 0 Å². The van der Waals surface area contributed by atoms with Gasteiger partial charge in [-0.15, -0.1) is 4.99 Å². The minimum atomic E-state index is -0.555. The summed E-state index contributed by atoms with van der Waals surface area (Å²) in [6.45, 7) is 0. The normalized spacial score (nSPS) is 7.73. The van der Waals surface area contributed by atoms with E-state index in [1.807, 2.05) is 0 Å². The summed E-state index contributed by atoms with van der Waals surface area (Å²) >= 11 is 4.09. The van der Waals surface area contributed by atoms with Gasteiger partial charge in [-0.1, -0.05) is 18.2 Å². The summed E-state index contributed by atoms with van der Waals surface area (Å²) in [4.78, 5) is 23.4. The van der Waals surface area contributed by atoms with Gasteiger partial charge in [0.15, 0.2) is 5.11 Å². The maximum atomic E-state index is 10.8. The van der Waals surface area contributed by atoms with Gasteiger partial charge in [0, 0.05) is 5.56 Å². The topological polar surface area (TPSA) is 98.5 Å². The van der Waals surface area contributed by atoms with Gasteiger partial charge in [0.2, 0.25) is 6.08 Å². The van der Waals surface area contributed by atoms with Crippen molar-refractivity contribution >= 4 is 29.3 Å². The Balaban J connectivity index is 0.000000423. The highest BCUT2D eigenvalue weighted by molar-refractivity contribution is 7.80. The standard InChI is InChI=1S/C8H5NO2.CH4N2S/c10-6-9-8(11)7-4-2-1-3-5-7;2-1(3)4/h1-5H;(H4,2,3,4). The van der Waals surface area contributed by atoms with Crippen LogP contribution in [0.4, 0.5) is 0 Å². The van der Waals surface area contributed by atoms with E-state index in [0.29, 0.717) is 5.56 Å². The monoisotopic (exact) mass is 223 g/mol. The molecule has 1 aromatic carbocycles. The SMILES string of the molecule is NC(N)=S.O=C=NC(=O)c1ccccc1. The number of carbonyl (C=O) groups excluding carboxylic acids is 2. The number of isocyanates is 1. The van der Waals surface area contributed by atoms with Gasteiger partial charge in [-0.2, -0.15) is 0 Å². The second-order valence-corrected chi connectivity index (χ2v) is 2.75. The Bertz CT molecular complexity index is 382. The number of thiocarbonyl (C=S) groups is 1. The first-order valence-corrected chi connectivity index (χ1v) is 4.21. The number of benzene rings is 1. The molecule has 0 saturated heterocycles. The molecule has 0 unspecified atom stereocenters. The molecule has 0 atom stereocenters. The van der Waals surface area contributed by atoms with E-state index in [1.165, 1.54) is 6.08 Å². The highest BCUT2D eigenvalue weighted by Crippen LogP contribution is 1.99. The smallest absolute Gasteiger partial charge is 0.287 e. The first-order valence-electron chi connectivity index (χ1n) is 3.80. The van der Waals surface area contributed by atoms with Crippen molar-refractivity contribution in [2.24, 2.45) is 16.5 Å². The van der Waals surface area contributed by atoms with Crippen LogP contribution in [0.25, 0.3) is 0 Å². The van der Waals surface area contributed by atoms with Crippen LogP contribution in [0.1, 0.15) is 10.4 Å². The van der Waals surface area contributed by atoms with Gasteiger partial charge in [0.25, 0.3) is 5.91 Å². The molecule has 4 N–H and O–H groups in total. The first kappa shape index (κ1) is 13.0. The molecule has 0 aliphatic rings. The largest absolute Gasteiger partial charge is 0.377 e. The summed E-state index contributed by atoms with van der Waals surface area (Å²) in [6, 6.07) is 8.36. The van der Waals surface area contributed by atoms with E-state index in [0.717, 1.165) is 0 Å². The molecule has 0 fully saturated rings. The molecule has 1 amide bonds. The van der Waals surface area contributed by atoms with E-state index in [4.69, 9.17) is 0 Å². The molecule has 0 spiro atoms. The van der Waals surface area contributed by atoms with Crippen molar-refractivity contribution in [3.63, 3.8) is 0 Å². The molecular formula is C9H9N3O2S. The molecule has 5 nitrogen and oxygen atoms in total. The zero-order valence-electron chi connectivity index (χ0n) is 7.71. The Morgan fingerprint density at radius 2 is 1.73 bits per heavy atom. The van der Waals surface area contributed by atoms with Crippen LogP contribution in [0.5, 0.6) is 0 Å². The Labute approximate surface area is 91.8 Å². The number of aliphatic imine (C=N–C) groups is 1. The third-order valence-electron chi connectivity index (χ3n) is 1.17. The van der Waals surface area contributed by atoms with Crippen molar-refractivity contribution < 1.29 is 9.59 Å². The van der Waals surface area contributed by atoms with Crippen molar-refractivity contribution in [1.82, 2.24) is 0 Å². The third kappa shape index (κ3) is 7.06. The van der Waals surface area contributed by atoms with E-state index < -0.39 is 5.91 Å². The molecule has 0 aliphatic carbocycles. The lowest BCUT2D eigenvalue weighted by Crippen LogP contribution is -2.18. The number of carbonyl (C=O) groups is 1. The van der Waals surface area contributed by atoms with Gasteiger partial charge in [-0.3, -0.25) is 4.79 Å². The lowest BCUT2D eigenvalue weighted by molar-refractivity contribution is 0.100. The van der Waals surface area contributed by atoms with Crippen molar-refractivity contribution in [3.05, 3.63) is 35.9 Å². The number of nitrogens with two attached hydrogens (primary N) is 2. The number of rotatable bonds is 1. The molecule has 78 valence electrons. The third-order valence-corrected chi connectivity index (χ3v) is 1.17. The highest BCUT2D eigenvalue weighted by atomic mass is 32.1. The maximum Gasteiger partial charge on any atom is 0.287 e. The van der Waals surface area contributed by atoms with Crippen LogP contribution >= 0.6 is 12.2 Å². The van der Waals surface area contributed by atoms with Crippen molar-refractivity contribution in [3.8, 4) is 0 Å². The molecule has 0 bridgehead atoms. The average molecular weight is 223 g/mol. The first-order chi connectivity index (χ1) is 7.07. The molecule has 0 aliphatic heterocycles. The van der Waals surface area contributed by atoms with Gasteiger partial charge >= 0.3 is 0 Å². The maximum absolute atomic E-state index is 10.8. The summed E-state index contributed by atoms with van der Waals surface area (Å²) in [6.07, 6.45) is 1.19. The Hall–Kier alpha value is -2.04. The molecule has 15 heavy (non-hydrogen) atoms. The molecular weight excluding hydrogens is 214 g/mol. The van der Waals surface area contributed by atoms with Crippen molar-refractivity contribution in [2.45, 2.75) is 0 Å².